The first-order valence-corrected chi connectivity index (χ1v) is 16.5. The van der Waals surface area contributed by atoms with Gasteiger partial charge in [0, 0.05) is 28.9 Å². The molecule has 0 bridgehead atoms. The number of ketones is 1. The van der Waals surface area contributed by atoms with E-state index in [0.717, 1.165) is 22.6 Å². The SMILES string of the molecule is CCOC(=O)C1=C(C=O)/C(=C2/C[C@@H](CO)C(=O)[C@H](c3ccc4c(c3)=CCN=4)C2)c2c(c(CO)c3c(c2OC)[C@H]2CCC[C@@](C)(O)[C@H]2O3)O1. The number of fused-ring (bicyclic) bond motifs is 5. The topological polar surface area (TPSA) is 161 Å². The van der Waals surface area contributed by atoms with Crippen LogP contribution in [0.15, 0.2) is 40.1 Å². The van der Waals surface area contributed by atoms with Crippen LogP contribution in [-0.4, -0.2) is 71.9 Å². The lowest BCUT2D eigenvalue weighted by molar-refractivity contribution is -0.141. The van der Waals surface area contributed by atoms with E-state index in [4.69, 9.17) is 18.9 Å². The average Bonchev–Trinajstić information content (AvgIpc) is 3.72. The Morgan fingerprint density at radius 3 is 2.73 bits per heavy atom. The van der Waals surface area contributed by atoms with Crippen LogP contribution < -0.4 is 24.8 Å². The number of aliphatic hydroxyl groups excluding tert-OH is 2. The van der Waals surface area contributed by atoms with E-state index in [2.05, 4.69) is 4.99 Å². The van der Waals surface area contributed by atoms with E-state index in [1.807, 2.05) is 24.3 Å². The summed E-state index contributed by atoms with van der Waals surface area (Å²) in [5.74, 6) is -2.33. The molecule has 0 unspecified atom stereocenters. The maximum absolute atomic E-state index is 13.8. The van der Waals surface area contributed by atoms with Crippen molar-refractivity contribution in [1.82, 2.24) is 0 Å². The van der Waals surface area contributed by atoms with E-state index in [1.165, 1.54) is 7.11 Å². The fourth-order valence-electron chi connectivity index (χ4n) is 8.29. The molecule has 0 amide bonds. The number of hydrogen-bond acceptors (Lipinski definition) is 11. The number of esters is 1. The Morgan fingerprint density at radius 1 is 1.21 bits per heavy atom. The number of allylic oxidation sites excluding steroid dienone is 3. The number of Topliss-reactive ketones (excluding diaryl/α,β-unsaturated/α-hetero) is 1. The second kappa shape index (κ2) is 12.3. The number of aldehydes is 1. The van der Waals surface area contributed by atoms with Crippen LogP contribution in [0.1, 0.15) is 80.0 Å². The fourth-order valence-corrected chi connectivity index (χ4v) is 8.29. The van der Waals surface area contributed by atoms with Crippen LogP contribution in [0.25, 0.3) is 11.6 Å². The molecule has 0 aromatic heterocycles. The summed E-state index contributed by atoms with van der Waals surface area (Å²) in [6.45, 7) is 2.99. The number of ether oxygens (including phenoxy) is 4. The summed E-state index contributed by atoms with van der Waals surface area (Å²) in [5, 5.41) is 34.4. The number of rotatable bonds is 7. The summed E-state index contributed by atoms with van der Waals surface area (Å²) < 4.78 is 24.1. The van der Waals surface area contributed by atoms with Gasteiger partial charge < -0.3 is 34.3 Å². The maximum atomic E-state index is 13.8. The molecular formula is C37H39NO10. The smallest absolute Gasteiger partial charge is 0.375 e. The van der Waals surface area contributed by atoms with E-state index in [1.54, 1.807) is 13.8 Å². The predicted molar refractivity (Wildman–Crippen MR) is 172 cm³/mol. The quantitative estimate of drug-likeness (QED) is 0.298. The van der Waals surface area contributed by atoms with Crippen molar-refractivity contribution in [1.29, 1.82) is 0 Å². The first-order chi connectivity index (χ1) is 23.2. The van der Waals surface area contributed by atoms with Gasteiger partial charge in [-0.25, -0.2) is 4.79 Å². The van der Waals surface area contributed by atoms with E-state index in [0.29, 0.717) is 59.4 Å². The summed E-state index contributed by atoms with van der Waals surface area (Å²) in [6, 6.07) is 5.69. The van der Waals surface area contributed by atoms with Crippen molar-refractivity contribution in [3.8, 4) is 17.2 Å². The summed E-state index contributed by atoms with van der Waals surface area (Å²) in [5.41, 5.74) is 1.77. The Labute approximate surface area is 277 Å². The third kappa shape index (κ3) is 4.90. The molecule has 11 nitrogen and oxygen atoms in total. The Kier molecular flexibility index (Phi) is 8.25. The molecule has 3 aliphatic heterocycles. The number of carbonyl (C=O) groups excluding carboxylic acids is 3. The molecule has 5 aliphatic rings. The molecule has 2 aliphatic carbocycles. The molecule has 48 heavy (non-hydrogen) atoms. The second-order valence-corrected chi connectivity index (χ2v) is 13.3. The highest BCUT2D eigenvalue weighted by molar-refractivity contribution is 6.11. The largest absolute Gasteiger partial charge is 0.496 e. The van der Waals surface area contributed by atoms with Crippen molar-refractivity contribution in [2.24, 2.45) is 10.9 Å². The number of nitrogens with zero attached hydrogens (tertiary/aromatic N) is 1. The van der Waals surface area contributed by atoms with Gasteiger partial charge in [-0.15, -0.1) is 0 Å². The molecule has 2 aromatic carbocycles. The molecule has 2 aromatic rings. The van der Waals surface area contributed by atoms with E-state index < -0.39 is 42.7 Å². The fraction of sp³-hybridized carbons (Fsp3) is 0.459. The van der Waals surface area contributed by atoms with Crippen LogP contribution in [0, 0.1) is 5.92 Å². The zero-order chi connectivity index (χ0) is 33.9. The first kappa shape index (κ1) is 32.2. The molecule has 0 saturated heterocycles. The van der Waals surface area contributed by atoms with Crippen molar-refractivity contribution >= 4 is 29.7 Å². The molecule has 252 valence electrons. The molecule has 5 atom stereocenters. The third-order valence-electron chi connectivity index (χ3n) is 10.5. The lowest BCUT2D eigenvalue weighted by atomic mass is 9.70. The van der Waals surface area contributed by atoms with E-state index >= 15 is 0 Å². The zero-order valence-electron chi connectivity index (χ0n) is 27.2. The van der Waals surface area contributed by atoms with Gasteiger partial charge in [0.25, 0.3) is 0 Å². The van der Waals surface area contributed by atoms with Crippen molar-refractivity contribution in [3.05, 3.63) is 67.9 Å². The van der Waals surface area contributed by atoms with Crippen LogP contribution >= 0.6 is 0 Å². The third-order valence-corrected chi connectivity index (χ3v) is 10.5. The first-order valence-electron chi connectivity index (χ1n) is 16.5. The molecule has 0 radical (unpaired) electrons. The minimum absolute atomic E-state index is 0.0172. The van der Waals surface area contributed by atoms with Crippen LogP contribution in [0.5, 0.6) is 17.2 Å². The average molecular weight is 658 g/mol. The normalized spacial score (nSPS) is 28.6. The van der Waals surface area contributed by atoms with Gasteiger partial charge in [-0.1, -0.05) is 17.7 Å². The van der Waals surface area contributed by atoms with Crippen LogP contribution in [0.4, 0.5) is 0 Å². The van der Waals surface area contributed by atoms with E-state index in [9.17, 15) is 29.7 Å². The van der Waals surface area contributed by atoms with Crippen molar-refractivity contribution in [2.75, 3.05) is 26.9 Å². The second-order valence-electron chi connectivity index (χ2n) is 13.3. The van der Waals surface area contributed by atoms with Crippen LogP contribution in [0.3, 0.4) is 0 Å². The van der Waals surface area contributed by atoms with Crippen molar-refractivity contribution < 1.29 is 48.7 Å². The Bertz CT molecular complexity index is 1920. The van der Waals surface area contributed by atoms with Gasteiger partial charge in [-0.05, 0) is 68.9 Å². The van der Waals surface area contributed by atoms with Gasteiger partial charge in [0.15, 0.2) is 6.29 Å². The highest BCUT2D eigenvalue weighted by atomic mass is 16.6. The number of hydrogen-bond donors (Lipinski definition) is 3. The standard InChI is InChI=1S/C37H39NO10/c1-4-46-36(43)33-24(16-40)27(20-13-21(15-39)30(42)23(14-20)18-7-8-26-19(12-18)9-11-38-26)29-32(47-33)25(17-41)31-28(34(29)45-3)22-6-5-10-37(2,44)35(22)48-31/h7-9,12,16,21-23,35,39,41,44H,4-6,10-11,13-15,17H2,1-3H3/b27-20+/t21-,22+,23-,35-,37+/m0/s1. The molecule has 3 heterocycles. The lowest BCUT2D eigenvalue weighted by Gasteiger charge is -2.38. The minimum atomic E-state index is -1.16. The predicted octanol–water partition coefficient (Wildman–Crippen LogP) is 2.30. The lowest BCUT2D eigenvalue weighted by Crippen LogP contribution is -2.47. The monoisotopic (exact) mass is 657 g/mol. The minimum Gasteiger partial charge on any atom is -0.496 e. The summed E-state index contributed by atoms with van der Waals surface area (Å²) in [7, 11) is 1.49. The van der Waals surface area contributed by atoms with Crippen molar-refractivity contribution in [3.63, 3.8) is 0 Å². The molecule has 0 spiro atoms. The molecule has 2 fully saturated rings. The van der Waals surface area contributed by atoms with Gasteiger partial charge in [-0.2, -0.15) is 0 Å². The molecule has 3 N–H and O–H groups in total. The number of benzene rings is 2. The van der Waals surface area contributed by atoms with E-state index in [-0.39, 0.29) is 53.8 Å². The van der Waals surface area contributed by atoms with Crippen LogP contribution in [0.2, 0.25) is 0 Å². The Morgan fingerprint density at radius 2 is 2.02 bits per heavy atom. The van der Waals surface area contributed by atoms with Crippen molar-refractivity contribution in [2.45, 2.75) is 76.1 Å². The highest BCUT2D eigenvalue weighted by Crippen LogP contribution is 2.61. The number of carbonyl (C=O) groups is 3. The Balaban J connectivity index is 1.51. The molecule has 11 heteroatoms. The molecule has 7 rings (SSSR count). The summed E-state index contributed by atoms with van der Waals surface area (Å²) in [6.07, 6.45) is 4.17. The van der Waals surface area contributed by atoms with Gasteiger partial charge in [0.1, 0.15) is 29.1 Å². The number of aliphatic hydroxyl groups is 3. The molecular weight excluding hydrogens is 618 g/mol. The highest BCUT2D eigenvalue weighted by Gasteiger charge is 2.52. The zero-order valence-corrected chi connectivity index (χ0v) is 27.2. The number of methoxy groups -OCH3 is 1. The van der Waals surface area contributed by atoms with Gasteiger partial charge in [0.05, 0.1) is 61.1 Å². The van der Waals surface area contributed by atoms with Crippen LogP contribution in [-0.2, 0) is 25.7 Å². The summed E-state index contributed by atoms with van der Waals surface area (Å²) in [4.78, 5) is 44.8. The van der Waals surface area contributed by atoms with Gasteiger partial charge in [0.2, 0.25) is 5.76 Å². The van der Waals surface area contributed by atoms with Gasteiger partial charge in [-0.3, -0.25) is 14.6 Å². The molecule has 2 saturated carbocycles. The Hall–Kier alpha value is -4.32. The summed E-state index contributed by atoms with van der Waals surface area (Å²) >= 11 is 0. The van der Waals surface area contributed by atoms with Gasteiger partial charge >= 0.3 is 5.97 Å². The maximum Gasteiger partial charge on any atom is 0.375 e.